The van der Waals surface area contributed by atoms with Crippen LogP contribution in [0.4, 0.5) is 5.82 Å². The van der Waals surface area contributed by atoms with Crippen molar-refractivity contribution in [2.24, 2.45) is 0 Å². The van der Waals surface area contributed by atoms with Crippen LogP contribution in [0.5, 0.6) is 0 Å². The second kappa shape index (κ2) is 10.2. The first-order chi connectivity index (χ1) is 16.4. The average molecular weight is 480 g/mol. The second-order valence-electron chi connectivity index (χ2n) is 10.9. The van der Waals surface area contributed by atoms with Gasteiger partial charge in [-0.3, -0.25) is 4.90 Å². The standard InChI is InChI=1S/C28H41N5S/c1-19-12-23(24-15-33(16-24)25-6-7-31(5)17-25)13-20(2)26(19)14-21(3)27-22(4)29-18-30-28(27)32-8-10-34-11-9-32/h12-13,18,21,24-25H,6-11,14-17H2,1-5H3. The summed E-state index contributed by atoms with van der Waals surface area (Å²) in [5.41, 5.74) is 8.42. The van der Waals surface area contributed by atoms with E-state index in [4.69, 9.17) is 4.98 Å². The van der Waals surface area contributed by atoms with E-state index in [0.29, 0.717) is 11.8 Å². The number of hydrogen-bond donors (Lipinski definition) is 0. The smallest absolute Gasteiger partial charge is 0.135 e. The van der Waals surface area contributed by atoms with Crippen molar-refractivity contribution in [2.75, 3.05) is 62.7 Å². The topological polar surface area (TPSA) is 35.5 Å². The Morgan fingerprint density at radius 3 is 2.35 bits per heavy atom. The number of nitrogens with zero attached hydrogens (tertiary/aromatic N) is 5. The van der Waals surface area contributed by atoms with E-state index in [0.717, 1.165) is 31.2 Å². The molecule has 0 aliphatic carbocycles. The molecule has 6 heteroatoms. The predicted octanol–water partition coefficient (Wildman–Crippen LogP) is 4.40. The first kappa shape index (κ1) is 24.1. The molecule has 4 heterocycles. The number of aromatic nitrogens is 2. The predicted molar refractivity (Wildman–Crippen MR) is 145 cm³/mol. The summed E-state index contributed by atoms with van der Waals surface area (Å²) in [6, 6.07) is 5.73. The van der Waals surface area contributed by atoms with E-state index in [1.807, 2.05) is 11.8 Å². The zero-order valence-corrected chi connectivity index (χ0v) is 22.5. The van der Waals surface area contributed by atoms with Gasteiger partial charge in [0.25, 0.3) is 0 Å². The zero-order chi connectivity index (χ0) is 23.8. The van der Waals surface area contributed by atoms with Gasteiger partial charge in [-0.15, -0.1) is 0 Å². The van der Waals surface area contributed by atoms with E-state index in [-0.39, 0.29) is 0 Å². The fourth-order valence-electron chi connectivity index (χ4n) is 6.30. The molecule has 2 unspecified atom stereocenters. The van der Waals surface area contributed by atoms with Gasteiger partial charge in [0.05, 0.1) is 0 Å². The van der Waals surface area contributed by atoms with E-state index < -0.39 is 0 Å². The summed E-state index contributed by atoms with van der Waals surface area (Å²) in [4.78, 5) is 17.0. The van der Waals surface area contributed by atoms with Gasteiger partial charge in [-0.1, -0.05) is 19.1 Å². The van der Waals surface area contributed by atoms with Gasteiger partial charge >= 0.3 is 0 Å². The largest absolute Gasteiger partial charge is 0.355 e. The maximum atomic E-state index is 4.77. The number of likely N-dealkylation sites (tertiary alicyclic amines) is 2. The summed E-state index contributed by atoms with van der Waals surface area (Å²) in [7, 11) is 2.25. The Labute approximate surface area is 210 Å². The molecular formula is C28H41N5S. The number of rotatable bonds is 6. The molecule has 3 aliphatic heterocycles. The number of hydrogen-bond acceptors (Lipinski definition) is 6. The lowest BCUT2D eigenvalue weighted by Gasteiger charge is -2.43. The van der Waals surface area contributed by atoms with E-state index in [1.165, 1.54) is 72.2 Å². The maximum Gasteiger partial charge on any atom is 0.135 e. The quantitative estimate of drug-likeness (QED) is 0.611. The molecule has 2 atom stereocenters. The lowest BCUT2D eigenvalue weighted by molar-refractivity contribution is 0.0957. The maximum absolute atomic E-state index is 4.77. The van der Waals surface area contributed by atoms with Crippen molar-refractivity contribution in [2.45, 2.75) is 58.4 Å². The third-order valence-electron chi connectivity index (χ3n) is 8.36. The van der Waals surface area contributed by atoms with Crippen LogP contribution >= 0.6 is 11.8 Å². The van der Waals surface area contributed by atoms with Crippen LogP contribution in [0.25, 0.3) is 0 Å². The normalized spacial score (nSPS) is 23.3. The fourth-order valence-corrected chi connectivity index (χ4v) is 7.20. The minimum absolute atomic E-state index is 0.396. The average Bonchev–Trinajstić information content (AvgIpc) is 3.21. The highest BCUT2D eigenvalue weighted by Gasteiger charge is 2.36. The van der Waals surface area contributed by atoms with Gasteiger partial charge in [0, 0.05) is 67.4 Å². The van der Waals surface area contributed by atoms with Gasteiger partial charge in [-0.2, -0.15) is 11.8 Å². The van der Waals surface area contributed by atoms with Crippen LogP contribution in [0.1, 0.15) is 58.7 Å². The summed E-state index contributed by atoms with van der Waals surface area (Å²) >= 11 is 2.05. The van der Waals surface area contributed by atoms with Crippen LogP contribution in [0.3, 0.4) is 0 Å². The van der Waals surface area contributed by atoms with Gasteiger partial charge in [0.2, 0.25) is 0 Å². The van der Waals surface area contributed by atoms with Crippen LogP contribution in [0, 0.1) is 20.8 Å². The van der Waals surface area contributed by atoms with Crippen molar-refractivity contribution < 1.29 is 0 Å². The van der Waals surface area contributed by atoms with E-state index >= 15 is 0 Å². The Kier molecular flexibility index (Phi) is 7.19. The lowest BCUT2D eigenvalue weighted by atomic mass is 9.83. The lowest BCUT2D eigenvalue weighted by Crippen LogP contribution is -2.51. The molecule has 3 saturated heterocycles. The molecule has 3 aliphatic rings. The van der Waals surface area contributed by atoms with Gasteiger partial charge < -0.3 is 9.80 Å². The minimum Gasteiger partial charge on any atom is -0.355 e. The van der Waals surface area contributed by atoms with Crippen LogP contribution in [0.15, 0.2) is 18.5 Å². The molecule has 0 bridgehead atoms. The Morgan fingerprint density at radius 1 is 1.00 bits per heavy atom. The Morgan fingerprint density at radius 2 is 1.71 bits per heavy atom. The fraction of sp³-hybridized carbons (Fsp3) is 0.643. The summed E-state index contributed by atoms with van der Waals surface area (Å²) in [5, 5.41) is 0. The van der Waals surface area contributed by atoms with Crippen molar-refractivity contribution in [1.82, 2.24) is 19.8 Å². The van der Waals surface area contributed by atoms with Gasteiger partial charge in [-0.25, -0.2) is 9.97 Å². The van der Waals surface area contributed by atoms with Crippen LogP contribution < -0.4 is 4.90 Å². The summed E-state index contributed by atoms with van der Waals surface area (Å²) in [5.74, 6) is 4.63. The first-order valence-electron chi connectivity index (χ1n) is 13.1. The van der Waals surface area contributed by atoms with Crippen molar-refractivity contribution in [1.29, 1.82) is 0 Å². The molecule has 184 valence electrons. The number of benzene rings is 1. The monoisotopic (exact) mass is 479 g/mol. The van der Waals surface area contributed by atoms with Gasteiger partial charge in [0.1, 0.15) is 12.1 Å². The molecule has 0 saturated carbocycles. The molecule has 0 amide bonds. The molecule has 5 nitrogen and oxygen atoms in total. The molecule has 1 aromatic heterocycles. The highest BCUT2D eigenvalue weighted by atomic mass is 32.2. The minimum atomic E-state index is 0.396. The molecule has 2 aromatic rings. The Hall–Kier alpha value is -1.63. The Balaban J connectivity index is 1.30. The molecular weight excluding hydrogens is 438 g/mol. The second-order valence-corrected chi connectivity index (χ2v) is 12.1. The highest BCUT2D eigenvalue weighted by molar-refractivity contribution is 7.99. The number of likely N-dealkylation sites (N-methyl/N-ethyl adjacent to an activating group) is 1. The highest BCUT2D eigenvalue weighted by Crippen LogP contribution is 2.36. The van der Waals surface area contributed by atoms with E-state index in [9.17, 15) is 0 Å². The number of anilines is 1. The first-order valence-corrected chi connectivity index (χ1v) is 14.2. The van der Waals surface area contributed by atoms with Crippen LogP contribution in [-0.2, 0) is 6.42 Å². The number of thioether (sulfide) groups is 1. The van der Waals surface area contributed by atoms with E-state index in [2.05, 4.69) is 66.6 Å². The van der Waals surface area contributed by atoms with Crippen LogP contribution in [-0.4, -0.2) is 83.6 Å². The van der Waals surface area contributed by atoms with Crippen molar-refractivity contribution in [3.05, 3.63) is 52.0 Å². The van der Waals surface area contributed by atoms with Gasteiger partial charge in [0.15, 0.2) is 0 Å². The molecule has 34 heavy (non-hydrogen) atoms. The molecule has 0 spiro atoms. The molecule has 5 rings (SSSR count). The third kappa shape index (κ3) is 4.87. The Bertz CT molecular complexity index is 989. The number of aryl methyl sites for hydroxylation is 3. The van der Waals surface area contributed by atoms with Crippen molar-refractivity contribution in [3.63, 3.8) is 0 Å². The van der Waals surface area contributed by atoms with Crippen molar-refractivity contribution in [3.8, 4) is 0 Å². The molecule has 0 radical (unpaired) electrons. The molecule has 0 N–H and O–H groups in total. The molecule has 3 fully saturated rings. The summed E-state index contributed by atoms with van der Waals surface area (Å²) in [6.45, 7) is 16.3. The molecule has 1 aromatic carbocycles. The van der Waals surface area contributed by atoms with Crippen molar-refractivity contribution >= 4 is 17.6 Å². The van der Waals surface area contributed by atoms with Gasteiger partial charge in [-0.05, 0) is 75.4 Å². The SMILES string of the molecule is Cc1cc(C2CN(C3CCN(C)C3)C2)cc(C)c1CC(C)c1c(C)ncnc1N1CCSCC1. The van der Waals surface area contributed by atoms with E-state index in [1.54, 1.807) is 11.9 Å². The zero-order valence-electron chi connectivity index (χ0n) is 21.7. The van der Waals surface area contributed by atoms with Crippen LogP contribution in [0.2, 0.25) is 0 Å². The summed E-state index contributed by atoms with van der Waals surface area (Å²) in [6.07, 6.45) is 4.13. The third-order valence-corrected chi connectivity index (χ3v) is 9.30. The summed E-state index contributed by atoms with van der Waals surface area (Å²) < 4.78 is 0.